The Kier molecular flexibility index (Phi) is 3.28. The molecule has 1 aromatic heterocycles. The maximum absolute atomic E-state index is 4.70. The van der Waals surface area contributed by atoms with Crippen molar-refractivity contribution >= 4 is 10.9 Å². The molecule has 0 atom stereocenters. The van der Waals surface area contributed by atoms with Crippen LogP contribution in [0.4, 0.5) is 0 Å². The second-order valence-corrected chi connectivity index (χ2v) is 4.81. The van der Waals surface area contributed by atoms with E-state index in [1.54, 1.807) is 0 Å². The summed E-state index contributed by atoms with van der Waals surface area (Å²) in [5, 5.41) is 1.27. The molecule has 1 heterocycles. The monoisotopic (exact) mass is 247 g/mol. The molecule has 1 nitrogen and oxygen atoms in total. The Labute approximate surface area is 113 Å². The number of nitrogens with zero attached hydrogens (tertiary/aromatic N) is 1. The normalized spacial score (nSPS) is 10.8. The molecule has 2 aromatic carbocycles. The largest absolute Gasteiger partial charge is 0.253 e. The standard InChI is InChI=1S/C18H17N/c1-2-16-13-15(12-14-8-4-3-5-9-14)17-10-6-7-11-18(17)19-16/h3-11,13H,2,12H2,1H3. The van der Waals surface area contributed by atoms with E-state index >= 15 is 0 Å². The summed E-state index contributed by atoms with van der Waals surface area (Å²) in [5.41, 5.74) is 4.99. The molecule has 0 bridgehead atoms. The van der Waals surface area contributed by atoms with Crippen molar-refractivity contribution in [2.45, 2.75) is 19.8 Å². The Morgan fingerprint density at radius 3 is 2.42 bits per heavy atom. The third-order valence-corrected chi connectivity index (χ3v) is 3.45. The number of aromatic nitrogens is 1. The number of hydrogen-bond donors (Lipinski definition) is 0. The zero-order valence-electron chi connectivity index (χ0n) is 11.1. The minimum atomic E-state index is 0.969. The molecule has 0 aliphatic carbocycles. The molecule has 0 saturated carbocycles. The smallest absolute Gasteiger partial charge is 0.0708 e. The van der Waals surface area contributed by atoms with Gasteiger partial charge in [0.2, 0.25) is 0 Å². The first-order valence-corrected chi connectivity index (χ1v) is 6.78. The molecule has 0 fully saturated rings. The van der Waals surface area contributed by atoms with Crippen molar-refractivity contribution in [3.05, 3.63) is 77.5 Å². The van der Waals surface area contributed by atoms with Crippen molar-refractivity contribution in [2.24, 2.45) is 0 Å². The highest BCUT2D eigenvalue weighted by Crippen LogP contribution is 2.21. The quantitative estimate of drug-likeness (QED) is 0.669. The van der Waals surface area contributed by atoms with Crippen LogP contribution >= 0.6 is 0 Å². The number of pyridine rings is 1. The van der Waals surface area contributed by atoms with Crippen LogP contribution in [0.25, 0.3) is 10.9 Å². The van der Waals surface area contributed by atoms with Gasteiger partial charge in [-0.15, -0.1) is 0 Å². The van der Waals surface area contributed by atoms with Gasteiger partial charge in [-0.05, 0) is 36.1 Å². The van der Waals surface area contributed by atoms with Crippen LogP contribution in [0.2, 0.25) is 0 Å². The maximum atomic E-state index is 4.70. The Morgan fingerprint density at radius 2 is 1.63 bits per heavy atom. The Bertz CT molecular complexity index is 686. The van der Waals surface area contributed by atoms with E-state index < -0.39 is 0 Å². The summed E-state index contributed by atoms with van der Waals surface area (Å²) in [5.74, 6) is 0. The van der Waals surface area contributed by atoms with Crippen LogP contribution in [-0.2, 0) is 12.8 Å². The summed E-state index contributed by atoms with van der Waals surface area (Å²) in [7, 11) is 0. The number of aryl methyl sites for hydroxylation is 1. The zero-order chi connectivity index (χ0) is 13.1. The fourth-order valence-electron chi connectivity index (χ4n) is 2.45. The van der Waals surface area contributed by atoms with E-state index in [9.17, 15) is 0 Å². The fraction of sp³-hybridized carbons (Fsp3) is 0.167. The van der Waals surface area contributed by atoms with Crippen molar-refractivity contribution in [1.29, 1.82) is 0 Å². The predicted molar refractivity (Wildman–Crippen MR) is 80.4 cm³/mol. The SMILES string of the molecule is CCc1cc(Cc2ccccc2)c2ccccc2n1. The minimum absolute atomic E-state index is 0.969. The predicted octanol–water partition coefficient (Wildman–Crippen LogP) is 4.39. The van der Waals surface area contributed by atoms with Gasteiger partial charge in [0.25, 0.3) is 0 Å². The van der Waals surface area contributed by atoms with Gasteiger partial charge in [0, 0.05) is 11.1 Å². The summed E-state index contributed by atoms with van der Waals surface area (Å²) >= 11 is 0. The molecule has 19 heavy (non-hydrogen) atoms. The number of hydrogen-bond acceptors (Lipinski definition) is 1. The summed E-state index contributed by atoms with van der Waals surface area (Å²) in [6.45, 7) is 2.16. The van der Waals surface area contributed by atoms with Gasteiger partial charge in [0.05, 0.1) is 5.52 Å². The molecule has 0 saturated heterocycles. The number of rotatable bonds is 3. The molecule has 3 aromatic rings. The number of para-hydroxylation sites is 1. The summed E-state index contributed by atoms with van der Waals surface area (Å²) < 4.78 is 0. The summed E-state index contributed by atoms with van der Waals surface area (Å²) in [6.07, 6.45) is 1.95. The topological polar surface area (TPSA) is 12.9 Å². The fourth-order valence-corrected chi connectivity index (χ4v) is 2.45. The van der Waals surface area contributed by atoms with Gasteiger partial charge in [0.1, 0.15) is 0 Å². The third kappa shape index (κ3) is 2.50. The van der Waals surface area contributed by atoms with Crippen LogP contribution in [0.1, 0.15) is 23.7 Å². The molecular weight excluding hydrogens is 230 g/mol. The van der Waals surface area contributed by atoms with Crippen LogP contribution in [0.15, 0.2) is 60.7 Å². The van der Waals surface area contributed by atoms with E-state index in [2.05, 4.69) is 67.6 Å². The highest BCUT2D eigenvalue weighted by molar-refractivity contribution is 5.82. The van der Waals surface area contributed by atoms with Crippen molar-refractivity contribution in [1.82, 2.24) is 4.98 Å². The van der Waals surface area contributed by atoms with Crippen molar-refractivity contribution in [2.75, 3.05) is 0 Å². The second-order valence-electron chi connectivity index (χ2n) is 4.81. The Hall–Kier alpha value is -2.15. The van der Waals surface area contributed by atoms with E-state index in [0.717, 1.165) is 18.4 Å². The van der Waals surface area contributed by atoms with Gasteiger partial charge in [-0.2, -0.15) is 0 Å². The van der Waals surface area contributed by atoms with Gasteiger partial charge in [-0.25, -0.2) is 0 Å². The number of benzene rings is 2. The van der Waals surface area contributed by atoms with Gasteiger partial charge in [-0.1, -0.05) is 55.5 Å². The minimum Gasteiger partial charge on any atom is -0.253 e. The lowest BCUT2D eigenvalue weighted by Crippen LogP contribution is -1.95. The first-order valence-electron chi connectivity index (χ1n) is 6.78. The molecule has 94 valence electrons. The van der Waals surface area contributed by atoms with Crippen molar-refractivity contribution in [3.8, 4) is 0 Å². The van der Waals surface area contributed by atoms with E-state index in [1.807, 2.05) is 0 Å². The van der Waals surface area contributed by atoms with Crippen molar-refractivity contribution in [3.63, 3.8) is 0 Å². The Balaban J connectivity index is 2.11. The molecule has 0 aliphatic rings. The van der Waals surface area contributed by atoms with Crippen LogP contribution in [0.5, 0.6) is 0 Å². The van der Waals surface area contributed by atoms with Gasteiger partial charge < -0.3 is 0 Å². The lowest BCUT2D eigenvalue weighted by atomic mass is 10.00. The molecule has 0 amide bonds. The van der Waals surface area contributed by atoms with E-state index in [-0.39, 0.29) is 0 Å². The molecule has 1 heteroatoms. The van der Waals surface area contributed by atoms with Gasteiger partial charge >= 0.3 is 0 Å². The van der Waals surface area contributed by atoms with Crippen molar-refractivity contribution < 1.29 is 0 Å². The van der Waals surface area contributed by atoms with Gasteiger partial charge in [-0.3, -0.25) is 4.98 Å². The average Bonchev–Trinajstić information content (AvgIpc) is 2.48. The third-order valence-electron chi connectivity index (χ3n) is 3.45. The lowest BCUT2D eigenvalue weighted by molar-refractivity contribution is 1.04. The molecule has 0 unspecified atom stereocenters. The molecule has 3 rings (SSSR count). The second kappa shape index (κ2) is 5.23. The highest BCUT2D eigenvalue weighted by atomic mass is 14.7. The van der Waals surface area contributed by atoms with Crippen LogP contribution in [-0.4, -0.2) is 4.98 Å². The highest BCUT2D eigenvalue weighted by Gasteiger charge is 2.05. The number of fused-ring (bicyclic) bond motifs is 1. The molecule has 0 spiro atoms. The first kappa shape index (κ1) is 11.9. The maximum Gasteiger partial charge on any atom is 0.0708 e. The van der Waals surface area contributed by atoms with E-state index in [0.29, 0.717) is 0 Å². The average molecular weight is 247 g/mol. The zero-order valence-corrected chi connectivity index (χ0v) is 11.1. The molecule has 0 aliphatic heterocycles. The summed E-state index contributed by atoms with van der Waals surface area (Å²) in [6, 6.07) is 21.3. The molecule has 0 N–H and O–H groups in total. The lowest BCUT2D eigenvalue weighted by Gasteiger charge is -2.09. The summed E-state index contributed by atoms with van der Waals surface area (Å²) in [4.78, 5) is 4.70. The Morgan fingerprint density at radius 1 is 0.895 bits per heavy atom. The van der Waals surface area contributed by atoms with E-state index in [1.165, 1.54) is 22.2 Å². The van der Waals surface area contributed by atoms with Crippen LogP contribution in [0.3, 0.4) is 0 Å². The van der Waals surface area contributed by atoms with Gasteiger partial charge in [0.15, 0.2) is 0 Å². The van der Waals surface area contributed by atoms with E-state index in [4.69, 9.17) is 4.98 Å². The molecule has 0 radical (unpaired) electrons. The van der Waals surface area contributed by atoms with Crippen LogP contribution in [0, 0.1) is 0 Å². The van der Waals surface area contributed by atoms with Crippen LogP contribution < -0.4 is 0 Å². The molecular formula is C18H17N. The first-order chi connectivity index (χ1) is 9.36.